The van der Waals surface area contributed by atoms with Crippen molar-refractivity contribution in [3.05, 3.63) is 28.7 Å². The van der Waals surface area contributed by atoms with Crippen LogP contribution < -0.4 is 10.2 Å². The topological polar surface area (TPSA) is 15.3 Å². The number of nitrogens with one attached hydrogen (secondary N) is 1. The van der Waals surface area contributed by atoms with Gasteiger partial charge in [-0.2, -0.15) is 0 Å². The second kappa shape index (κ2) is 5.62. The van der Waals surface area contributed by atoms with Gasteiger partial charge in [-0.05, 0) is 57.4 Å². The van der Waals surface area contributed by atoms with Crippen LogP contribution in [-0.2, 0) is 0 Å². The van der Waals surface area contributed by atoms with Crippen molar-refractivity contribution in [1.29, 1.82) is 0 Å². The fourth-order valence-electron chi connectivity index (χ4n) is 2.34. The van der Waals surface area contributed by atoms with Crippen molar-refractivity contribution >= 4 is 21.6 Å². The zero-order chi connectivity index (χ0) is 13.2. The second-order valence-electron chi connectivity index (χ2n) is 6.21. The van der Waals surface area contributed by atoms with E-state index in [0.717, 1.165) is 16.9 Å². The average Bonchev–Trinajstić information content (AvgIpc) is 2.75. The Bertz CT molecular complexity index is 380. The third-order valence-corrected chi connectivity index (χ3v) is 3.93. The summed E-state index contributed by atoms with van der Waals surface area (Å²) < 4.78 is 1.15. The van der Waals surface area contributed by atoms with Gasteiger partial charge in [0.15, 0.2) is 0 Å². The number of hydrogen-bond acceptors (Lipinski definition) is 2. The van der Waals surface area contributed by atoms with E-state index < -0.39 is 0 Å². The van der Waals surface area contributed by atoms with Gasteiger partial charge in [0.2, 0.25) is 0 Å². The maximum atomic E-state index is 3.61. The van der Waals surface area contributed by atoms with Crippen molar-refractivity contribution in [2.75, 3.05) is 24.5 Å². The van der Waals surface area contributed by atoms with Gasteiger partial charge in [-0.15, -0.1) is 0 Å². The molecule has 0 aliphatic carbocycles. The van der Waals surface area contributed by atoms with Crippen LogP contribution in [0.15, 0.2) is 28.7 Å². The molecule has 1 saturated heterocycles. The minimum absolute atomic E-state index is 0.227. The zero-order valence-corrected chi connectivity index (χ0v) is 13.1. The van der Waals surface area contributed by atoms with E-state index in [1.807, 2.05) is 0 Å². The van der Waals surface area contributed by atoms with Crippen LogP contribution in [0.5, 0.6) is 0 Å². The van der Waals surface area contributed by atoms with Crippen molar-refractivity contribution < 1.29 is 0 Å². The summed E-state index contributed by atoms with van der Waals surface area (Å²) in [4.78, 5) is 2.49. The van der Waals surface area contributed by atoms with Crippen LogP contribution in [0.3, 0.4) is 0 Å². The summed E-state index contributed by atoms with van der Waals surface area (Å²) in [5, 5.41) is 3.61. The number of nitrogens with zero attached hydrogens (tertiary/aromatic N) is 1. The highest BCUT2D eigenvalue weighted by molar-refractivity contribution is 9.10. The molecule has 1 aliphatic heterocycles. The fraction of sp³-hybridized carbons (Fsp3) is 0.600. The first-order valence-electron chi connectivity index (χ1n) is 6.69. The lowest BCUT2D eigenvalue weighted by molar-refractivity contribution is 0.383. The molecule has 1 aromatic rings. The minimum atomic E-state index is 0.227. The molecule has 2 nitrogen and oxygen atoms in total. The monoisotopic (exact) mass is 310 g/mol. The molecule has 18 heavy (non-hydrogen) atoms. The Morgan fingerprint density at radius 2 is 1.94 bits per heavy atom. The quantitative estimate of drug-likeness (QED) is 0.916. The van der Waals surface area contributed by atoms with Gasteiger partial charge in [-0.3, -0.25) is 0 Å². The van der Waals surface area contributed by atoms with E-state index in [9.17, 15) is 0 Å². The lowest BCUT2D eigenvalue weighted by atomic mass is 10.1. The molecule has 3 heteroatoms. The number of halogens is 1. The minimum Gasteiger partial charge on any atom is -0.371 e. The summed E-state index contributed by atoms with van der Waals surface area (Å²) in [5.41, 5.74) is 1.57. The molecule has 100 valence electrons. The molecule has 1 unspecified atom stereocenters. The summed E-state index contributed by atoms with van der Waals surface area (Å²) >= 11 is 3.48. The number of hydrogen-bond donors (Lipinski definition) is 1. The van der Waals surface area contributed by atoms with E-state index in [2.05, 4.69) is 71.2 Å². The molecule has 1 fully saturated rings. The van der Waals surface area contributed by atoms with E-state index in [-0.39, 0.29) is 5.54 Å². The van der Waals surface area contributed by atoms with Crippen LogP contribution in [0.1, 0.15) is 27.2 Å². The van der Waals surface area contributed by atoms with Gasteiger partial charge in [0.05, 0.1) is 0 Å². The molecular weight excluding hydrogens is 288 g/mol. The second-order valence-corrected chi connectivity index (χ2v) is 7.12. The predicted octanol–water partition coefficient (Wildman–Crippen LogP) is 3.66. The van der Waals surface area contributed by atoms with Gasteiger partial charge in [-0.25, -0.2) is 0 Å². The highest BCUT2D eigenvalue weighted by atomic mass is 79.9. The van der Waals surface area contributed by atoms with Gasteiger partial charge in [0.1, 0.15) is 0 Å². The summed E-state index contributed by atoms with van der Waals surface area (Å²) in [7, 11) is 0. The van der Waals surface area contributed by atoms with Gasteiger partial charge in [-0.1, -0.05) is 15.9 Å². The van der Waals surface area contributed by atoms with E-state index in [0.29, 0.717) is 0 Å². The first-order valence-corrected chi connectivity index (χ1v) is 7.49. The van der Waals surface area contributed by atoms with Crippen LogP contribution in [0.2, 0.25) is 0 Å². The Morgan fingerprint density at radius 3 is 2.56 bits per heavy atom. The summed E-state index contributed by atoms with van der Waals surface area (Å²) in [6.07, 6.45) is 1.29. The molecule has 1 atom stereocenters. The highest BCUT2D eigenvalue weighted by Gasteiger charge is 2.23. The number of anilines is 1. The molecular formula is C15H23BrN2. The molecule has 0 aromatic heterocycles. The Morgan fingerprint density at radius 1 is 1.28 bits per heavy atom. The van der Waals surface area contributed by atoms with Crippen LogP contribution >= 0.6 is 15.9 Å². The molecule has 0 amide bonds. The summed E-state index contributed by atoms with van der Waals surface area (Å²) in [6, 6.07) is 8.64. The fourth-order valence-corrected chi connectivity index (χ4v) is 2.60. The van der Waals surface area contributed by atoms with Crippen molar-refractivity contribution in [2.24, 2.45) is 5.92 Å². The standard InChI is InChI=1S/C15H23BrN2/c1-15(2,3)17-10-12-8-9-18(11-12)14-6-4-13(16)5-7-14/h4-7,12,17H,8-11H2,1-3H3. The van der Waals surface area contributed by atoms with Crippen molar-refractivity contribution in [3.63, 3.8) is 0 Å². The summed E-state index contributed by atoms with van der Waals surface area (Å²) in [5.74, 6) is 0.771. The lowest BCUT2D eigenvalue weighted by Gasteiger charge is -2.24. The molecule has 1 N–H and O–H groups in total. The first kappa shape index (κ1) is 13.9. The van der Waals surface area contributed by atoms with Crippen LogP contribution in [0.25, 0.3) is 0 Å². The molecule has 1 heterocycles. The van der Waals surface area contributed by atoms with Crippen molar-refractivity contribution in [2.45, 2.75) is 32.7 Å². The average molecular weight is 311 g/mol. The SMILES string of the molecule is CC(C)(C)NCC1CCN(c2ccc(Br)cc2)C1. The molecule has 2 rings (SSSR count). The molecule has 1 aromatic carbocycles. The maximum absolute atomic E-state index is 3.61. The molecule has 0 spiro atoms. The van der Waals surface area contributed by atoms with E-state index >= 15 is 0 Å². The highest BCUT2D eigenvalue weighted by Crippen LogP contribution is 2.25. The third-order valence-electron chi connectivity index (χ3n) is 3.40. The molecule has 0 radical (unpaired) electrons. The Labute approximate surface area is 119 Å². The van der Waals surface area contributed by atoms with E-state index in [1.165, 1.54) is 25.2 Å². The van der Waals surface area contributed by atoms with Gasteiger partial charge < -0.3 is 10.2 Å². The van der Waals surface area contributed by atoms with Crippen molar-refractivity contribution in [3.8, 4) is 0 Å². The van der Waals surface area contributed by atoms with E-state index in [1.54, 1.807) is 0 Å². The van der Waals surface area contributed by atoms with Gasteiger partial charge in [0.25, 0.3) is 0 Å². The normalized spacial score (nSPS) is 20.4. The van der Waals surface area contributed by atoms with E-state index in [4.69, 9.17) is 0 Å². The largest absolute Gasteiger partial charge is 0.371 e. The summed E-state index contributed by atoms with van der Waals surface area (Å²) in [6.45, 7) is 10.2. The van der Waals surface area contributed by atoms with Crippen LogP contribution in [-0.4, -0.2) is 25.2 Å². The molecule has 0 saturated carbocycles. The van der Waals surface area contributed by atoms with Crippen LogP contribution in [0, 0.1) is 5.92 Å². The van der Waals surface area contributed by atoms with Crippen LogP contribution in [0.4, 0.5) is 5.69 Å². The molecule has 1 aliphatic rings. The Kier molecular flexibility index (Phi) is 4.33. The maximum Gasteiger partial charge on any atom is 0.0367 e. The third kappa shape index (κ3) is 3.99. The lowest BCUT2D eigenvalue weighted by Crippen LogP contribution is -2.39. The zero-order valence-electron chi connectivity index (χ0n) is 11.5. The van der Waals surface area contributed by atoms with Gasteiger partial charge in [0, 0.05) is 35.3 Å². The number of benzene rings is 1. The Hall–Kier alpha value is -0.540. The smallest absolute Gasteiger partial charge is 0.0367 e. The van der Waals surface area contributed by atoms with Crippen molar-refractivity contribution in [1.82, 2.24) is 5.32 Å². The first-order chi connectivity index (χ1) is 8.44. The molecule has 0 bridgehead atoms. The Balaban J connectivity index is 1.86. The predicted molar refractivity (Wildman–Crippen MR) is 82.2 cm³/mol. The van der Waals surface area contributed by atoms with Gasteiger partial charge >= 0.3 is 0 Å². The number of rotatable bonds is 3.